The first-order chi connectivity index (χ1) is 11.6. The summed E-state index contributed by atoms with van der Waals surface area (Å²) >= 11 is 0. The largest absolute Gasteiger partial charge is 0.451 e. The van der Waals surface area contributed by atoms with Crippen LogP contribution in [-0.2, 0) is 9.53 Å². The highest BCUT2D eigenvalue weighted by molar-refractivity contribution is 6.03. The Bertz CT molecular complexity index is 776. The maximum absolute atomic E-state index is 12.2. The Morgan fingerprint density at radius 2 is 2.08 bits per heavy atom. The lowest BCUT2D eigenvalue weighted by Crippen LogP contribution is -2.28. The number of aliphatic imine (C=N–C) groups is 1. The third-order valence-electron chi connectivity index (χ3n) is 4.69. The number of amidine groups is 1. The average molecular weight is 328 g/mol. The Balaban J connectivity index is 2.05. The number of carbonyl (C=O) groups excluding carboxylic acids is 1. The van der Waals surface area contributed by atoms with Gasteiger partial charge in [0.05, 0.1) is 0 Å². The standard InChI is InChI=1S/C18H24N4O2/c1-5-22(6-2)14-9-7-8-13-15(14)12(10-20-13)11(3)16-17(23)21-18(19-4)24-16/h7-11,16,20H,5-6H2,1-4H3,(H,19,21,23). The first-order valence-corrected chi connectivity index (χ1v) is 8.39. The Morgan fingerprint density at radius 1 is 1.33 bits per heavy atom. The van der Waals surface area contributed by atoms with E-state index in [1.165, 1.54) is 5.69 Å². The molecule has 0 spiro atoms. The number of nitrogens with one attached hydrogen (secondary N) is 2. The van der Waals surface area contributed by atoms with Gasteiger partial charge in [0, 0.05) is 48.8 Å². The summed E-state index contributed by atoms with van der Waals surface area (Å²) in [5.41, 5.74) is 3.34. The van der Waals surface area contributed by atoms with Gasteiger partial charge in [-0.15, -0.1) is 0 Å². The van der Waals surface area contributed by atoms with Gasteiger partial charge in [-0.1, -0.05) is 13.0 Å². The molecule has 1 aromatic carbocycles. The van der Waals surface area contributed by atoms with Crippen LogP contribution in [0, 0.1) is 0 Å². The minimum absolute atomic E-state index is 0.0882. The number of benzene rings is 1. The zero-order valence-electron chi connectivity index (χ0n) is 14.6. The molecule has 2 unspecified atom stereocenters. The van der Waals surface area contributed by atoms with Crippen LogP contribution >= 0.6 is 0 Å². The summed E-state index contributed by atoms with van der Waals surface area (Å²) in [6.07, 6.45) is 1.42. The van der Waals surface area contributed by atoms with E-state index >= 15 is 0 Å². The number of fused-ring (bicyclic) bond motifs is 1. The van der Waals surface area contributed by atoms with Gasteiger partial charge >= 0.3 is 0 Å². The van der Waals surface area contributed by atoms with Crippen molar-refractivity contribution >= 4 is 28.5 Å². The molecule has 1 aliphatic heterocycles. The van der Waals surface area contributed by atoms with Crippen molar-refractivity contribution in [1.29, 1.82) is 0 Å². The molecule has 6 heteroatoms. The number of amides is 1. The van der Waals surface area contributed by atoms with E-state index in [2.05, 4.69) is 52.2 Å². The van der Waals surface area contributed by atoms with Crippen LogP contribution in [0.5, 0.6) is 0 Å². The lowest BCUT2D eigenvalue weighted by atomic mass is 9.93. The van der Waals surface area contributed by atoms with E-state index in [1.54, 1.807) is 7.05 Å². The molecule has 0 aliphatic carbocycles. The molecule has 2 atom stereocenters. The van der Waals surface area contributed by atoms with Gasteiger partial charge < -0.3 is 14.6 Å². The van der Waals surface area contributed by atoms with E-state index in [1.807, 2.05) is 13.1 Å². The predicted octanol–water partition coefficient (Wildman–Crippen LogP) is 2.62. The molecule has 1 amide bonds. The van der Waals surface area contributed by atoms with Crippen molar-refractivity contribution in [2.45, 2.75) is 32.8 Å². The fourth-order valence-electron chi connectivity index (χ4n) is 3.36. The summed E-state index contributed by atoms with van der Waals surface area (Å²) in [5, 5.41) is 3.83. The quantitative estimate of drug-likeness (QED) is 0.886. The van der Waals surface area contributed by atoms with Gasteiger partial charge in [0.1, 0.15) is 0 Å². The van der Waals surface area contributed by atoms with Crippen LogP contribution in [0.1, 0.15) is 32.3 Å². The third kappa shape index (κ3) is 2.62. The van der Waals surface area contributed by atoms with Crippen LogP contribution in [0.25, 0.3) is 10.9 Å². The van der Waals surface area contributed by atoms with E-state index in [4.69, 9.17) is 4.74 Å². The highest BCUT2D eigenvalue weighted by atomic mass is 16.5. The number of H-pyrrole nitrogens is 1. The van der Waals surface area contributed by atoms with Gasteiger partial charge in [-0.05, 0) is 31.5 Å². The van der Waals surface area contributed by atoms with Crippen molar-refractivity contribution in [3.05, 3.63) is 30.0 Å². The van der Waals surface area contributed by atoms with Crippen LogP contribution in [-0.4, -0.2) is 43.2 Å². The monoisotopic (exact) mass is 328 g/mol. The number of hydrogen-bond acceptors (Lipinski definition) is 4. The third-order valence-corrected chi connectivity index (χ3v) is 4.69. The molecule has 1 aliphatic rings. The van der Waals surface area contributed by atoms with Crippen molar-refractivity contribution < 1.29 is 9.53 Å². The summed E-state index contributed by atoms with van der Waals surface area (Å²) in [6, 6.07) is 6.54. The Labute approximate surface area is 141 Å². The highest BCUT2D eigenvalue weighted by Gasteiger charge is 2.37. The molecule has 1 aromatic heterocycles. The molecule has 2 N–H and O–H groups in total. The molecular formula is C18H24N4O2. The molecule has 3 rings (SSSR count). The summed E-state index contributed by atoms with van der Waals surface area (Å²) in [6.45, 7) is 8.18. The fourth-order valence-corrected chi connectivity index (χ4v) is 3.36. The number of ether oxygens (including phenoxy) is 1. The van der Waals surface area contributed by atoms with Gasteiger partial charge in [0.2, 0.25) is 0 Å². The molecule has 6 nitrogen and oxygen atoms in total. The zero-order valence-corrected chi connectivity index (χ0v) is 14.6. The number of hydrogen-bond donors (Lipinski definition) is 2. The Morgan fingerprint density at radius 3 is 2.71 bits per heavy atom. The second kappa shape index (κ2) is 6.55. The minimum Gasteiger partial charge on any atom is -0.451 e. The smallest absolute Gasteiger partial charge is 0.292 e. The Hall–Kier alpha value is -2.50. The van der Waals surface area contributed by atoms with Gasteiger partial charge in [0.15, 0.2) is 6.10 Å². The van der Waals surface area contributed by atoms with Crippen LogP contribution in [0.3, 0.4) is 0 Å². The molecular weight excluding hydrogens is 304 g/mol. The SMILES string of the molecule is CCN(CC)c1cccc2[nH]cc(C(C)C3OC(=NC)NC3=O)c12. The van der Waals surface area contributed by atoms with Gasteiger partial charge in [-0.3, -0.25) is 10.1 Å². The molecule has 0 saturated carbocycles. The van der Waals surface area contributed by atoms with Crippen LogP contribution in [0.2, 0.25) is 0 Å². The molecule has 0 bridgehead atoms. The van der Waals surface area contributed by atoms with Crippen LogP contribution < -0.4 is 10.2 Å². The van der Waals surface area contributed by atoms with E-state index in [-0.39, 0.29) is 11.8 Å². The van der Waals surface area contributed by atoms with Gasteiger partial charge in [-0.2, -0.15) is 0 Å². The number of aromatic nitrogens is 1. The first kappa shape index (κ1) is 16.4. The number of carbonyl (C=O) groups is 1. The number of aromatic amines is 1. The summed E-state index contributed by atoms with van der Waals surface area (Å²) in [7, 11) is 1.60. The number of nitrogens with zero attached hydrogens (tertiary/aromatic N) is 2. The second-order valence-electron chi connectivity index (χ2n) is 5.96. The minimum atomic E-state index is -0.563. The zero-order chi connectivity index (χ0) is 17.3. The van der Waals surface area contributed by atoms with Crippen molar-refractivity contribution in [2.75, 3.05) is 25.0 Å². The highest BCUT2D eigenvalue weighted by Crippen LogP contribution is 2.36. The maximum Gasteiger partial charge on any atom is 0.292 e. The van der Waals surface area contributed by atoms with Crippen molar-refractivity contribution in [3.63, 3.8) is 0 Å². The van der Waals surface area contributed by atoms with E-state index in [9.17, 15) is 4.79 Å². The van der Waals surface area contributed by atoms with E-state index in [0.717, 1.165) is 29.6 Å². The lowest BCUT2D eigenvalue weighted by Gasteiger charge is -2.24. The molecule has 24 heavy (non-hydrogen) atoms. The van der Waals surface area contributed by atoms with Gasteiger partial charge in [0.25, 0.3) is 11.9 Å². The predicted molar refractivity (Wildman–Crippen MR) is 96.6 cm³/mol. The van der Waals surface area contributed by atoms with E-state index < -0.39 is 6.10 Å². The summed E-state index contributed by atoms with van der Waals surface area (Å²) in [4.78, 5) is 21.8. The van der Waals surface area contributed by atoms with Crippen LogP contribution in [0.4, 0.5) is 5.69 Å². The number of rotatable bonds is 5. The topological polar surface area (TPSA) is 69.7 Å². The molecule has 2 aromatic rings. The lowest BCUT2D eigenvalue weighted by molar-refractivity contribution is -0.124. The number of anilines is 1. The first-order valence-electron chi connectivity index (χ1n) is 8.39. The average Bonchev–Trinajstić information content (AvgIpc) is 3.19. The van der Waals surface area contributed by atoms with Gasteiger partial charge in [-0.25, -0.2) is 4.99 Å². The molecule has 1 saturated heterocycles. The molecule has 2 heterocycles. The molecule has 1 fully saturated rings. The van der Waals surface area contributed by atoms with Crippen molar-refractivity contribution in [2.24, 2.45) is 4.99 Å². The summed E-state index contributed by atoms with van der Waals surface area (Å²) < 4.78 is 5.67. The molecule has 0 radical (unpaired) electrons. The maximum atomic E-state index is 12.2. The Kier molecular flexibility index (Phi) is 4.46. The van der Waals surface area contributed by atoms with E-state index in [0.29, 0.717) is 6.02 Å². The second-order valence-corrected chi connectivity index (χ2v) is 5.96. The van der Waals surface area contributed by atoms with Crippen LogP contribution in [0.15, 0.2) is 29.4 Å². The summed E-state index contributed by atoms with van der Waals surface area (Å²) in [5.74, 6) is -0.229. The fraction of sp³-hybridized carbons (Fsp3) is 0.444. The van der Waals surface area contributed by atoms with Crippen molar-refractivity contribution in [3.8, 4) is 0 Å². The van der Waals surface area contributed by atoms with Crippen molar-refractivity contribution in [1.82, 2.24) is 10.3 Å². The normalized spacial score (nSPS) is 20.2. The molecule has 128 valence electrons.